The van der Waals surface area contributed by atoms with E-state index in [9.17, 15) is 9.59 Å². The van der Waals surface area contributed by atoms with Gasteiger partial charge in [0.15, 0.2) is 0 Å². The molecule has 6 heteroatoms. The Balaban J connectivity index is 1.74. The molecule has 0 unspecified atom stereocenters. The highest BCUT2D eigenvalue weighted by molar-refractivity contribution is 7.11. The second-order valence-corrected chi connectivity index (χ2v) is 9.27. The number of hydrogen-bond acceptors (Lipinski definition) is 3. The summed E-state index contributed by atoms with van der Waals surface area (Å²) in [5, 5.41) is 2.92. The Labute approximate surface area is 200 Å². The molecule has 5 nitrogen and oxygen atoms in total. The number of thiophene rings is 1. The molecular weight excluding hydrogens is 430 g/mol. The molecule has 0 aliphatic rings. The number of amides is 3. The number of urea groups is 1. The number of nitrogens with one attached hydrogen (secondary N) is 1. The Morgan fingerprint density at radius 3 is 2.39 bits per heavy atom. The van der Waals surface area contributed by atoms with Crippen molar-refractivity contribution in [3.8, 4) is 0 Å². The zero-order valence-corrected chi connectivity index (χ0v) is 20.1. The zero-order valence-electron chi connectivity index (χ0n) is 19.3. The summed E-state index contributed by atoms with van der Waals surface area (Å²) in [6.45, 7) is 9.14. The molecule has 0 aliphatic carbocycles. The van der Waals surface area contributed by atoms with Crippen LogP contribution in [0.15, 0.2) is 79.4 Å². The first-order valence-corrected chi connectivity index (χ1v) is 11.9. The molecule has 0 saturated carbocycles. The first-order chi connectivity index (χ1) is 16.0. The van der Waals surface area contributed by atoms with Crippen molar-refractivity contribution in [3.05, 3.63) is 100 Å². The van der Waals surface area contributed by atoms with E-state index in [1.54, 1.807) is 17.4 Å². The smallest absolute Gasteiger partial charge is 0.322 e. The molecule has 1 aromatic heterocycles. The van der Waals surface area contributed by atoms with Gasteiger partial charge >= 0.3 is 6.03 Å². The molecule has 3 aromatic rings. The number of hydrogen-bond donors (Lipinski definition) is 1. The molecule has 2 aromatic carbocycles. The number of rotatable bonds is 10. The Kier molecular flexibility index (Phi) is 8.84. The van der Waals surface area contributed by atoms with Crippen LogP contribution in [0, 0.1) is 6.92 Å². The minimum atomic E-state index is -0.317. The molecule has 33 heavy (non-hydrogen) atoms. The van der Waals surface area contributed by atoms with Crippen molar-refractivity contribution in [2.24, 2.45) is 0 Å². The van der Waals surface area contributed by atoms with Crippen molar-refractivity contribution in [1.29, 1.82) is 0 Å². The van der Waals surface area contributed by atoms with E-state index >= 15 is 0 Å². The van der Waals surface area contributed by atoms with Gasteiger partial charge in [-0.25, -0.2) is 4.79 Å². The normalized spacial score (nSPS) is 10.5. The van der Waals surface area contributed by atoms with Gasteiger partial charge in [0.25, 0.3) is 0 Å². The van der Waals surface area contributed by atoms with Gasteiger partial charge in [-0.3, -0.25) is 4.79 Å². The van der Waals surface area contributed by atoms with Gasteiger partial charge in [-0.2, -0.15) is 0 Å². The number of carbonyl (C=O) groups excluding carboxylic acids is 2. The minimum Gasteiger partial charge on any atom is -0.332 e. The average Bonchev–Trinajstić information content (AvgIpc) is 3.23. The lowest BCUT2D eigenvalue weighted by molar-refractivity contribution is -0.132. The fourth-order valence-electron chi connectivity index (χ4n) is 3.50. The summed E-state index contributed by atoms with van der Waals surface area (Å²) >= 11 is 1.68. The first kappa shape index (κ1) is 24.3. The van der Waals surface area contributed by atoms with Crippen LogP contribution >= 0.6 is 11.3 Å². The number of aryl methyl sites for hydroxylation is 2. The fraction of sp³-hybridized carbons (Fsp3) is 0.259. The van der Waals surface area contributed by atoms with Crippen LogP contribution in [-0.2, 0) is 24.3 Å². The van der Waals surface area contributed by atoms with Crippen LogP contribution in [0.25, 0.3) is 0 Å². The van der Waals surface area contributed by atoms with E-state index < -0.39 is 0 Å². The zero-order chi connectivity index (χ0) is 23.6. The highest BCUT2D eigenvalue weighted by atomic mass is 32.1. The standard InChI is InChI=1S/C27H31N3O2S/c1-4-16-29(27(32)28-24-13-9-12-22(5-2)17-24)20-26(31)30(18-23-10-7-6-8-11-23)19-25-15-14-21(3)33-25/h4,6-15,17H,1,5,16,18-20H2,2-3H3,(H,28,32). The van der Waals surface area contributed by atoms with Crippen LogP contribution in [0.5, 0.6) is 0 Å². The van der Waals surface area contributed by atoms with E-state index in [4.69, 9.17) is 0 Å². The largest absolute Gasteiger partial charge is 0.332 e. The summed E-state index contributed by atoms with van der Waals surface area (Å²) in [4.78, 5) is 32.0. The van der Waals surface area contributed by atoms with E-state index in [-0.39, 0.29) is 25.0 Å². The van der Waals surface area contributed by atoms with E-state index in [1.807, 2.05) is 59.5 Å². The number of nitrogens with zero attached hydrogens (tertiary/aromatic N) is 2. The van der Waals surface area contributed by atoms with Crippen molar-refractivity contribution in [3.63, 3.8) is 0 Å². The van der Waals surface area contributed by atoms with Crippen LogP contribution in [0.2, 0.25) is 0 Å². The maximum Gasteiger partial charge on any atom is 0.322 e. The molecule has 172 valence electrons. The molecule has 1 heterocycles. The Hall–Kier alpha value is -3.38. The van der Waals surface area contributed by atoms with Gasteiger partial charge in [0.05, 0.1) is 6.54 Å². The molecule has 0 bridgehead atoms. The summed E-state index contributed by atoms with van der Waals surface area (Å²) in [6.07, 6.45) is 2.52. The maximum atomic E-state index is 13.4. The van der Waals surface area contributed by atoms with Gasteiger partial charge in [0, 0.05) is 28.5 Å². The molecule has 3 rings (SSSR count). The molecule has 0 atom stereocenters. The number of anilines is 1. The quantitative estimate of drug-likeness (QED) is 0.384. The Bertz CT molecular complexity index is 1080. The summed E-state index contributed by atoms with van der Waals surface area (Å²) in [6, 6.07) is 21.5. The van der Waals surface area contributed by atoms with E-state index in [1.165, 1.54) is 9.78 Å². The Morgan fingerprint density at radius 2 is 1.73 bits per heavy atom. The third-order valence-corrected chi connectivity index (χ3v) is 6.25. The van der Waals surface area contributed by atoms with Gasteiger partial charge in [-0.1, -0.05) is 55.5 Å². The van der Waals surface area contributed by atoms with Gasteiger partial charge in [-0.15, -0.1) is 17.9 Å². The number of benzene rings is 2. The monoisotopic (exact) mass is 461 g/mol. The molecule has 0 spiro atoms. The summed E-state index contributed by atoms with van der Waals surface area (Å²) < 4.78 is 0. The molecule has 3 amide bonds. The molecule has 1 N–H and O–H groups in total. The topological polar surface area (TPSA) is 52.7 Å². The number of carbonyl (C=O) groups is 2. The van der Waals surface area contributed by atoms with E-state index in [0.29, 0.717) is 13.1 Å². The fourth-order valence-corrected chi connectivity index (χ4v) is 4.41. The van der Waals surface area contributed by atoms with Crippen LogP contribution in [0.3, 0.4) is 0 Å². The van der Waals surface area contributed by atoms with Crippen LogP contribution in [-0.4, -0.2) is 34.8 Å². The summed E-state index contributed by atoms with van der Waals surface area (Å²) in [5.74, 6) is -0.107. The molecule has 0 fully saturated rings. The summed E-state index contributed by atoms with van der Waals surface area (Å²) in [7, 11) is 0. The first-order valence-electron chi connectivity index (χ1n) is 11.1. The molecule has 0 saturated heterocycles. The van der Waals surface area contributed by atoms with Gasteiger partial charge in [0.1, 0.15) is 6.54 Å². The van der Waals surface area contributed by atoms with Crippen molar-refractivity contribution in [1.82, 2.24) is 9.80 Å². The lowest BCUT2D eigenvalue weighted by atomic mass is 10.1. The lowest BCUT2D eigenvalue weighted by Gasteiger charge is -2.27. The predicted octanol–water partition coefficient (Wildman–Crippen LogP) is 5.87. The summed E-state index contributed by atoms with van der Waals surface area (Å²) in [5.41, 5.74) is 2.91. The van der Waals surface area contributed by atoms with Gasteiger partial charge < -0.3 is 15.1 Å². The van der Waals surface area contributed by atoms with Crippen molar-refractivity contribution in [2.75, 3.05) is 18.4 Å². The van der Waals surface area contributed by atoms with Crippen LogP contribution < -0.4 is 5.32 Å². The second kappa shape index (κ2) is 12.0. The lowest BCUT2D eigenvalue weighted by Crippen LogP contribution is -2.44. The molecule has 0 aliphatic heterocycles. The highest BCUT2D eigenvalue weighted by Gasteiger charge is 2.22. The van der Waals surface area contributed by atoms with Gasteiger partial charge in [-0.05, 0) is 48.7 Å². The average molecular weight is 462 g/mol. The second-order valence-electron chi connectivity index (χ2n) is 7.90. The Morgan fingerprint density at radius 1 is 0.970 bits per heavy atom. The third kappa shape index (κ3) is 7.32. The molecular formula is C27H31N3O2S. The minimum absolute atomic E-state index is 0.0253. The van der Waals surface area contributed by atoms with Crippen molar-refractivity contribution < 1.29 is 9.59 Å². The van der Waals surface area contributed by atoms with Crippen molar-refractivity contribution >= 4 is 29.0 Å². The van der Waals surface area contributed by atoms with Crippen LogP contribution in [0.1, 0.15) is 27.8 Å². The van der Waals surface area contributed by atoms with Crippen molar-refractivity contribution in [2.45, 2.75) is 33.4 Å². The maximum absolute atomic E-state index is 13.4. The van der Waals surface area contributed by atoms with Crippen LogP contribution in [0.4, 0.5) is 10.5 Å². The van der Waals surface area contributed by atoms with E-state index in [2.05, 4.69) is 37.9 Å². The molecule has 0 radical (unpaired) electrons. The third-order valence-electron chi connectivity index (χ3n) is 5.26. The SMILES string of the molecule is C=CCN(CC(=O)N(Cc1ccccc1)Cc1ccc(C)s1)C(=O)Nc1cccc(CC)c1. The van der Waals surface area contributed by atoms with E-state index in [0.717, 1.165) is 28.1 Å². The highest BCUT2D eigenvalue weighted by Crippen LogP contribution is 2.19. The van der Waals surface area contributed by atoms with Gasteiger partial charge in [0.2, 0.25) is 5.91 Å². The predicted molar refractivity (Wildman–Crippen MR) is 136 cm³/mol.